The summed E-state index contributed by atoms with van der Waals surface area (Å²) in [5, 5.41) is -0.378. The Morgan fingerprint density at radius 1 is 1.62 bits per heavy atom. The molecule has 1 amide bonds. The average Bonchev–Trinajstić information content (AvgIpc) is 2.53. The lowest BCUT2D eigenvalue weighted by Crippen LogP contribution is -2.35. The fourth-order valence-corrected chi connectivity index (χ4v) is 2.36. The van der Waals surface area contributed by atoms with Crippen LogP contribution in [0.15, 0.2) is 0 Å². The third kappa shape index (κ3) is 2.89. The van der Waals surface area contributed by atoms with Crippen LogP contribution in [0.5, 0.6) is 0 Å². The molecule has 1 aliphatic heterocycles. The molecule has 0 bridgehead atoms. The maximum atomic E-state index is 12.0. The van der Waals surface area contributed by atoms with Crippen LogP contribution in [0, 0.1) is 11.3 Å². The number of nitrogens with zero attached hydrogens (tertiary/aromatic N) is 1. The summed E-state index contributed by atoms with van der Waals surface area (Å²) in [6.45, 7) is 8.55. The minimum Gasteiger partial charge on any atom is -0.384 e. The third-order valence-corrected chi connectivity index (χ3v) is 3.95. The molecular weight excluding hydrogens is 226 g/mol. The summed E-state index contributed by atoms with van der Waals surface area (Å²) in [5.74, 6) is 0.470. The number of alkyl halides is 1. The first-order valence-electron chi connectivity index (χ1n) is 5.84. The zero-order valence-corrected chi connectivity index (χ0v) is 11.4. The van der Waals surface area contributed by atoms with E-state index in [9.17, 15) is 4.79 Å². The molecule has 0 spiro atoms. The first-order chi connectivity index (χ1) is 7.42. The van der Waals surface area contributed by atoms with Gasteiger partial charge in [0.15, 0.2) is 0 Å². The fourth-order valence-electron chi connectivity index (χ4n) is 2.22. The SMILES string of the molecule is CC[C@H](Cl)C(=O)N1C[C@H](COC)C(C)(C)C1. The average molecular weight is 248 g/mol. The Morgan fingerprint density at radius 2 is 2.25 bits per heavy atom. The summed E-state index contributed by atoms with van der Waals surface area (Å²) in [4.78, 5) is 13.8. The molecule has 0 saturated carbocycles. The summed E-state index contributed by atoms with van der Waals surface area (Å²) in [6, 6.07) is 0. The Labute approximate surface area is 103 Å². The predicted octanol–water partition coefficient (Wildman–Crippen LogP) is 2.13. The van der Waals surface area contributed by atoms with E-state index in [4.69, 9.17) is 16.3 Å². The molecule has 1 rings (SSSR count). The molecule has 3 nitrogen and oxygen atoms in total. The second-order valence-corrected chi connectivity index (χ2v) is 5.76. The molecule has 1 fully saturated rings. The van der Waals surface area contributed by atoms with Crippen LogP contribution in [0.25, 0.3) is 0 Å². The smallest absolute Gasteiger partial charge is 0.240 e. The number of rotatable bonds is 4. The number of carbonyl (C=O) groups excluding carboxylic acids is 1. The Hall–Kier alpha value is -0.280. The standard InChI is InChI=1S/C12H22ClNO2/c1-5-10(13)11(15)14-6-9(7-16-4)12(2,3)8-14/h9-10H,5-8H2,1-4H3/t9-,10+/m1/s1. The normalized spacial score (nSPS) is 25.8. The first kappa shape index (κ1) is 13.8. The Balaban J connectivity index is 2.64. The van der Waals surface area contributed by atoms with Gasteiger partial charge in [0, 0.05) is 26.1 Å². The number of hydrogen-bond donors (Lipinski definition) is 0. The van der Waals surface area contributed by atoms with E-state index >= 15 is 0 Å². The number of amides is 1. The zero-order chi connectivity index (χ0) is 12.3. The number of likely N-dealkylation sites (tertiary alicyclic amines) is 1. The van der Waals surface area contributed by atoms with Gasteiger partial charge in [-0.3, -0.25) is 4.79 Å². The molecular formula is C12H22ClNO2. The molecule has 0 aromatic rings. The molecule has 1 aliphatic rings. The van der Waals surface area contributed by atoms with Crippen LogP contribution < -0.4 is 0 Å². The summed E-state index contributed by atoms with van der Waals surface area (Å²) < 4.78 is 5.21. The van der Waals surface area contributed by atoms with Crippen molar-refractivity contribution < 1.29 is 9.53 Å². The van der Waals surface area contributed by atoms with E-state index in [1.54, 1.807) is 7.11 Å². The molecule has 0 N–H and O–H groups in total. The third-order valence-electron chi connectivity index (χ3n) is 3.45. The van der Waals surface area contributed by atoms with Gasteiger partial charge in [0.25, 0.3) is 0 Å². The van der Waals surface area contributed by atoms with Crippen molar-refractivity contribution in [2.75, 3.05) is 26.8 Å². The van der Waals surface area contributed by atoms with Gasteiger partial charge in [0.1, 0.15) is 5.38 Å². The Bertz CT molecular complexity index is 255. The van der Waals surface area contributed by atoms with Crippen molar-refractivity contribution in [3.05, 3.63) is 0 Å². The van der Waals surface area contributed by atoms with Gasteiger partial charge in [-0.2, -0.15) is 0 Å². The van der Waals surface area contributed by atoms with E-state index in [2.05, 4.69) is 13.8 Å². The van der Waals surface area contributed by atoms with Gasteiger partial charge < -0.3 is 9.64 Å². The number of ether oxygens (including phenoxy) is 1. The second kappa shape index (κ2) is 5.37. The van der Waals surface area contributed by atoms with Crippen molar-refractivity contribution in [2.45, 2.75) is 32.6 Å². The van der Waals surface area contributed by atoms with E-state index in [1.807, 2.05) is 11.8 Å². The van der Waals surface area contributed by atoms with Crippen LogP contribution in [0.3, 0.4) is 0 Å². The lowest BCUT2D eigenvalue weighted by molar-refractivity contribution is -0.130. The van der Waals surface area contributed by atoms with Crippen LogP contribution >= 0.6 is 11.6 Å². The van der Waals surface area contributed by atoms with Gasteiger partial charge in [-0.05, 0) is 11.8 Å². The van der Waals surface area contributed by atoms with Crippen LogP contribution in [-0.4, -0.2) is 43.0 Å². The van der Waals surface area contributed by atoms with Gasteiger partial charge in [0.2, 0.25) is 5.91 Å². The maximum Gasteiger partial charge on any atom is 0.240 e. The molecule has 0 radical (unpaired) electrons. The van der Waals surface area contributed by atoms with E-state index in [0.717, 1.165) is 13.1 Å². The van der Waals surface area contributed by atoms with Crippen LogP contribution in [0.2, 0.25) is 0 Å². The number of halogens is 1. The quantitative estimate of drug-likeness (QED) is 0.713. The highest BCUT2D eigenvalue weighted by molar-refractivity contribution is 6.30. The van der Waals surface area contributed by atoms with E-state index in [0.29, 0.717) is 18.9 Å². The van der Waals surface area contributed by atoms with E-state index in [1.165, 1.54) is 0 Å². The van der Waals surface area contributed by atoms with Gasteiger partial charge >= 0.3 is 0 Å². The molecule has 0 aromatic heterocycles. The lowest BCUT2D eigenvalue weighted by atomic mass is 9.83. The largest absolute Gasteiger partial charge is 0.384 e. The zero-order valence-electron chi connectivity index (χ0n) is 10.6. The summed E-state index contributed by atoms with van der Waals surface area (Å²) in [7, 11) is 1.71. The van der Waals surface area contributed by atoms with Crippen molar-refractivity contribution in [1.82, 2.24) is 4.90 Å². The molecule has 0 aliphatic carbocycles. The van der Waals surface area contributed by atoms with Crippen molar-refractivity contribution in [3.63, 3.8) is 0 Å². The molecule has 0 unspecified atom stereocenters. The summed E-state index contributed by atoms with van der Waals surface area (Å²) in [6.07, 6.45) is 0.687. The molecule has 94 valence electrons. The molecule has 0 aromatic carbocycles. The molecule has 1 saturated heterocycles. The highest BCUT2D eigenvalue weighted by Gasteiger charge is 2.41. The first-order valence-corrected chi connectivity index (χ1v) is 6.27. The summed E-state index contributed by atoms with van der Waals surface area (Å²) in [5.41, 5.74) is 0.121. The fraction of sp³-hybridized carbons (Fsp3) is 0.917. The van der Waals surface area contributed by atoms with E-state index < -0.39 is 0 Å². The van der Waals surface area contributed by atoms with Crippen molar-refractivity contribution in [3.8, 4) is 0 Å². The predicted molar refractivity (Wildman–Crippen MR) is 65.7 cm³/mol. The highest BCUT2D eigenvalue weighted by atomic mass is 35.5. The number of carbonyl (C=O) groups is 1. The summed E-state index contributed by atoms with van der Waals surface area (Å²) >= 11 is 5.99. The van der Waals surface area contributed by atoms with E-state index in [-0.39, 0.29) is 16.7 Å². The number of hydrogen-bond acceptors (Lipinski definition) is 2. The molecule has 1 heterocycles. The van der Waals surface area contributed by atoms with Gasteiger partial charge in [-0.15, -0.1) is 11.6 Å². The minimum absolute atomic E-state index is 0.0656. The monoisotopic (exact) mass is 247 g/mol. The Kier molecular flexibility index (Phi) is 4.62. The minimum atomic E-state index is -0.378. The second-order valence-electron chi connectivity index (χ2n) is 5.24. The number of methoxy groups -OCH3 is 1. The highest BCUT2D eigenvalue weighted by Crippen LogP contribution is 2.35. The van der Waals surface area contributed by atoms with Crippen LogP contribution in [0.1, 0.15) is 27.2 Å². The van der Waals surface area contributed by atoms with Crippen LogP contribution in [0.4, 0.5) is 0 Å². The van der Waals surface area contributed by atoms with Gasteiger partial charge in [-0.25, -0.2) is 0 Å². The van der Waals surface area contributed by atoms with Crippen molar-refractivity contribution >= 4 is 17.5 Å². The lowest BCUT2D eigenvalue weighted by Gasteiger charge is -2.24. The van der Waals surface area contributed by atoms with Gasteiger partial charge in [0.05, 0.1) is 6.61 Å². The maximum absolute atomic E-state index is 12.0. The molecule has 16 heavy (non-hydrogen) atoms. The Morgan fingerprint density at radius 3 is 2.75 bits per heavy atom. The van der Waals surface area contributed by atoms with Crippen molar-refractivity contribution in [1.29, 1.82) is 0 Å². The van der Waals surface area contributed by atoms with Crippen molar-refractivity contribution in [2.24, 2.45) is 11.3 Å². The molecule has 4 heteroatoms. The van der Waals surface area contributed by atoms with Crippen LogP contribution in [-0.2, 0) is 9.53 Å². The topological polar surface area (TPSA) is 29.5 Å². The molecule has 2 atom stereocenters. The van der Waals surface area contributed by atoms with Gasteiger partial charge in [-0.1, -0.05) is 20.8 Å².